The Hall–Kier alpha value is -2.74. The van der Waals surface area contributed by atoms with Gasteiger partial charge in [-0.3, -0.25) is 4.72 Å². The number of halogens is 1. The number of aryl methyl sites for hydroxylation is 1. The Bertz CT molecular complexity index is 1090. The average molecular weight is 402 g/mol. The maximum absolute atomic E-state index is 14.9. The van der Waals surface area contributed by atoms with E-state index in [1.807, 2.05) is 27.7 Å². The van der Waals surface area contributed by atoms with E-state index in [2.05, 4.69) is 14.9 Å². The van der Waals surface area contributed by atoms with E-state index in [1.165, 1.54) is 18.2 Å². The van der Waals surface area contributed by atoms with Crippen LogP contribution in [0.3, 0.4) is 0 Å². The molecule has 1 N–H and O–H groups in total. The lowest BCUT2D eigenvalue weighted by atomic mass is 9.85. The van der Waals surface area contributed by atoms with Gasteiger partial charge >= 0.3 is 0 Å². The van der Waals surface area contributed by atoms with Gasteiger partial charge in [0.25, 0.3) is 10.0 Å². The van der Waals surface area contributed by atoms with E-state index < -0.39 is 21.3 Å². The number of hydrogen-bond acceptors (Lipinski definition) is 4. The van der Waals surface area contributed by atoms with Crippen LogP contribution in [-0.4, -0.2) is 23.2 Å². The molecule has 0 aliphatic rings. The molecule has 0 aliphatic carbocycles. The first-order valence-corrected chi connectivity index (χ1v) is 10.4. The van der Waals surface area contributed by atoms with Crippen molar-refractivity contribution in [3.8, 4) is 11.4 Å². The summed E-state index contributed by atoms with van der Waals surface area (Å²) in [5.74, 6) is -0.0108. The highest BCUT2D eigenvalue weighted by Gasteiger charge is 2.25. The average Bonchev–Trinajstić information content (AvgIpc) is 3.09. The smallest absolute Gasteiger partial charge is 0.261 e. The molecule has 28 heavy (non-hydrogen) atoms. The van der Waals surface area contributed by atoms with Gasteiger partial charge in [-0.25, -0.2) is 12.8 Å². The number of nitrogens with one attached hydrogen (secondary N) is 1. The van der Waals surface area contributed by atoms with E-state index in [-0.39, 0.29) is 10.6 Å². The lowest BCUT2D eigenvalue weighted by Crippen LogP contribution is -2.17. The van der Waals surface area contributed by atoms with Gasteiger partial charge in [-0.05, 0) is 42.2 Å². The molecule has 6 nitrogen and oxygen atoms in total. The highest BCUT2D eigenvalue weighted by molar-refractivity contribution is 7.92. The van der Waals surface area contributed by atoms with E-state index in [0.717, 1.165) is 0 Å². The standard InChI is InChI=1S/C20H23FN4O2S/c1-5-25-13-22-23-19(25)15-11-16(20(2,3)4)17(21)12-18(15)24-28(26,27)14-9-7-6-8-10-14/h6-13,24H,5H2,1-4H3. The Morgan fingerprint density at radius 2 is 1.82 bits per heavy atom. The van der Waals surface area contributed by atoms with Crippen molar-refractivity contribution < 1.29 is 12.8 Å². The zero-order valence-electron chi connectivity index (χ0n) is 16.3. The van der Waals surface area contributed by atoms with Gasteiger partial charge in [0.2, 0.25) is 0 Å². The van der Waals surface area contributed by atoms with E-state index in [1.54, 1.807) is 35.2 Å². The summed E-state index contributed by atoms with van der Waals surface area (Å²) in [6, 6.07) is 10.8. The summed E-state index contributed by atoms with van der Waals surface area (Å²) >= 11 is 0. The summed E-state index contributed by atoms with van der Waals surface area (Å²) in [7, 11) is -3.89. The third kappa shape index (κ3) is 3.91. The minimum atomic E-state index is -3.89. The highest BCUT2D eigenvalue weighted by atomic mass is 32.2. The van der Waals surface area contributed by atoms with Gasteiger partial charge in [-0.1, -0.05) is 39.0 Å². The molecular weight excluding hydrogens is 379 g/mol. The molecule has 0 spiro atoms. The largest absolute Gasteiger partial charge is 0.314 e. The molecule has 0 unspecified atom stereocenters. The topological polar surface area (TPSA) is 76.9 Å². The van der Waals surface area contributed by atoms with Crippen LogP contribution in [0.2, 0.25) is 0 Å². The number of benzene rings is 2. The second kappa shape index (κ2) is 7.35. The molecule has 148 valence electrons. The molecule has 2 aromatic carbocycles. The van der Waals surface area contributed by atoms with Crippen molar-refractivity contribution >= 4 is 15.7 Å². The number of anilines is 1. The first kappa shape index (κ1) is 20.0. The molecule has 1 aromatic heterocycles. The van der Waals surface area contributed by atoms with Gasteiger partial charge in [0.15, 0.2) is 5.82 Å². The van der Waals surface area contributed by atoms with E-state index in [4.69, 9.17) is 0 Å². The van der Waals surface area contributed by atoms with E-state index in [9.17, 15) is 12.8 Å². The molecule has 0 radical (unpaired) electrons. The minimum absolute atomic E-state index is 0.0956. The fraction of sp³-hybridized carbons (Fsp3) is 0.300. The molecule has 0 fully saturated rings. The SMILES string of the molecule is CCn1cnnc1-c1cc(C(C)(C)C)c(F)cc1NS(=O)(=O)c1ccccc1. The maximum Gasteiger partial charge on any atom is 0.261 e. The summed E-state index contributed by atoms with van der Waals surface area (Å²) in [6.07, 6.45) is 1.56. The fourth-order valence-corrected chi connectivity index (χ4v) is 4.01. The zero-order valence-corrected chi connectivity index (χ0v) is 17.1. The summed E-state index contributed by atoms with van der Waals surface area (Å²) in [5, 5.41) is 8.05. The molecule has 3 rings (SSSR count). The Balaban J connectivity index is 2.19. The molecule has 0 saturated carbocycles. The first-order valence-electron chi connectivity index (χ1n) is 8.93. The molecule has 0 atom stereocenters. The number of nitrogens with zero attached hydrogens (tertiary/aromatic N) is 3. The third-order valence-electron chi connectivity index (χ3n) is 4.41. The second-order valence-electron chi connectivity index (χ2n) is 7.49. The molecule has 1 heterocycles. The number of rotatable bonds is 5. The molecule has 0 amide bonds. The van der Waals surface area contributed by atoms with Crippen LogP contribution in [0.25, 0.3) is 11.4 Å². The summed E-state index contributed by atoms with van der Waals surface area (Å²) < 4.78 is 44.7. The van der Waals surface area contributed by atoms with Crippen LogP contribution in [0.1, 0.15) is 33.3 Å². The minimum Gasteiger partial charge on any atom is -0.314 e. The second-order valence-corrected chi connectivity index (χ2v) is 9.17. The summed E-state index contributed by atoms with van der Waals surface area (Å²) in [4.78, 5) is 0.0956. The van der Waals surface area contributed by atoms with Crippen molar-refractivity contribution in [1.29, 1.82) is 0 Å². The number of aromatic nitrogens is 3. The zero-order chi connectivity index (χ0) is 20.5. The molecule has 0 bridgehead atoms. The van der Waals surface area contributed by atoms with Crippen LogP contribution in [0.15, 0.2) is 53.7 Å². The molecule has 0 saturated heterocycles. The predicted octanol–water partition coefficient (Wildman–Crippen LogP) is 4.20. The summed E-state index contributed by atoms with van der Waals surface area (Å²) in [6.45, 7) is 8.21. The van der Waals surface area contributed by atoms with Crippen molar-refractivity contribution in [3.63, 3.8) is 0 Å². The van der Waals surface area contributed by atoms with Crippen LogP contribution >= 0.6 is 0 Å². The van der Waals surface area contributed by atoms with E-state index in [0.29, 0.717) is 23.5 Å². The number of sulfonamides is 1. The van der Waals surface area contributed by atoms with Gasteiger partial charge < -0.3 is 4.57 Å². The van der Waals surface area contributed by atoms with Crippen molar-refractivity contribution in [2.45, 2.75) is 44.6 Å². The quantitative estimate of drug-likeness (QED) is 0.694. The van der Waals surface area contributed by atoms with Gasteiger partial charge in [0, 0.05) is 12.1 Å². The van der Waals surface area contributed by atoms with Crippen molar-refractivity contribution in [1.82, 2.24) is 14.8 Å². The van der Waals surface area contributed by atoms with Crippen LogP contribution in [0, 0.1) is 5.82 Å². The first-order chi connectivity index (χ1) is 13.1. The van der Waals surface area contributed by atoms with Crippen molar-refractivity contribution in [2.24, 2.45) is 0 Å². The van der Waals surface area contributed by atoms with Crippen LogP contribution < -0.4 is 4.72 Å². The molecule has 3 aromatic rings. The normalized spacial score (nSPS) is 12.2. The monoisotopic (exact) mass is 402 g/mol. The fourth-order valence-electron chi connectivity index (χ4n) is 2.92. The van der Waals surface area contributed by atoms with Gasteiger partial charge in [-0.15, -0.1) is 10.2 Å². The van der Waals surface area contributed by atoms with Crippen molar-refractivity contribution in [3.05, 3.63) is 60.2 Å². The predicted molar refractivity (Wildman–Crippen MR) is 107 cm³/mol. The lowest BCUT2D eigenvalue weighted by Gasteiger charge is -2.22. The van der Waals surface area contributed by atoms with Gasteiger partial charge in [0.1, 0.15) is 12.1 Å². The van der Waals surface area contributed by atoms with Crippen LogP contribution in [0.4, 0.5) is 10.1 Å². The van der Waals surface area contributed by atoms with Crippen LogP contribution in [-0.2, 0) is 22.0 Å². The molecule has 0 aliphatic heterocycles. The number of hydrogen-bond donors (Lipinski definition) is 1. The Kier molecular flexibility index (Phi) is 5.25. The molecular formula is C20H23FN4O2S. The third-order valence-corrected chi connectivity index (χ3v) is 5.79. The van der Waals surface area contributed by atoms with Crippen LogP contribution in [0.5, 0.6) is 0 Å². The van der Waals surface area contributed by atoms with Crippen molar-refractivity contribution in [2.75, 3.05) is 4.72 Å². The Morgan fingerprint density at radius 1 is 1.14 bits per heavy atom. The Morgan fingerprint density at radius 3 is 2.43 bits per heavy atom. The maximum atomic E-state index is 14.9. The van der Waals surface area contributed by atoms with Gasteiger partial charge in [0.05, 0.1) is 10.6 Å². The van der Waals surface area contributed by atoms with E-state index >= 15 is 0 Å². The van der Waals surface area contributed by atoms with Gasteiger partial charge in [-0.2, -0.15) is 0 Å². The molecule has 8 heteroatoms. The lowest BCUT2D eigenvalue weighted by molar-refractivity contribution is 0.523. The Labute approximate surface area is 164 Å². The summed E-state index contributed by atoms with van der Waals surface area (Å²) in [5.41, 5.74) is 0.602. The highest BCUT2D eigenvalue weighted by Crippen LogP contribution is 2.35.